The van der Waals surface area contributed by atoms with Gasteiger partial charge in [0.05, 0.1) is 16.0 Å². The molecule has 0 spiro atoms. The molecular weight excluding hydrogens is 275 g/mol. The van der Waals surface area contributed by atoms with Gasteiger partial charge in [-0.05, 0) is 18.9 Å². The van der Waals surface area contributed by atoms with Crippen molar-refractivity contribution in [3.63, 3.8) is 0 Å². The standard InChI is InChI=1S/C12H14ClFN2O3/c1-7-2-3-15-6-12(7)19-11-4-8(13)9(14)5-10(11)16(17)18/h4-5,7,12,15H,2-3,6H2,1H3. The normalized spacial score (nSPS) is 23.1. The quantitative estimate of drug-likeness (QED) is 0.686. The Kier molecular flexibility index (Phi) is 4.21. The van der Waals surface area contributed by atoms with E-state index in [9.17, 15) is 14.5 Å². The highest BCUT2D eigenvalue weighted by molar-refractivity contribution is 6.31. The number of ether oxygens (including phenoxy) is 1. The molecule has 5 nitrogen and oxygen atoms in total. The Hall–Kier alpha value is -1.40. The lowest BCUT2D eigenvalue weighted by Gasteiger charge is -2.29. The van der Waals surface area contributed by atoms with Gasteiger partial charge in [-0.1, -0.05) is 18.5 Å². The van der Waals surface area contributed by atoms with E-state index in [2.05, 4.69) is 5.32 Å². The molecular formula is C12H14ClFN2O3. The molecule has 1 N–H and O–H groups in total. The molecule has 1 aromatic carbocycles. The Bertz CT molecular complexity index is 498. The predicted molar refractivity (Wildman–Crippen MR) is 69.1 cm³/mol. The average Bonchev–Trinajstić information content (AvgIpc) is 2.36. The van der Waals surface area contributed by atoms with Crippen molar-refractivity contribution in [2.75, 3.05) is 13.1 Å². The first kappa shape index (κ1) is 14.0. The number of benzene rings is 1. The summed E-state index contributed by atoms with van der Waals surface area (Å²) in [5, 5.41) is 13.9. The van der Waals surface area contributed by atoms with Crippen LogP contribution in [0.15, 0.2) is 12.1 Å². The Morgan fingerprint density at radius 1 is 1.58 bits per heavy atom. The predicted octanol–water partition coefficient (Wildman–Crippen LogP) is 2.76. The SMILES string of the molecule is CC1CCNCC1Oc1cc(Cl)c(F)cc1[N+](=O)[O-]. The van der Waals surface area contributed by atoms with Crippen LogP contribution in [0.5, 0.6) is 5.75 Å². The summed E-state index contributed by atoms with van der Waals surface area (Å²) in [6.45, 7) is 3.52. The Morgan fingerprint density at radius 2 is 2.32 bits per heavy atom. The Balaban J connectivity index is 2.27. The van der Waals surface area contributed by atoms with Crippen molar-refractivity contribution in [2.24, 2.45) is 5.92 Å². The van der Waals surface area contributed by atoms with Gasteiger partial charge in [-0.2, -0.15) is 0 Å². The van der Waals surface area contributed by atoms with E-state index >= 15 is 0 Å². The molecule has 2 atom stereocenters. The van der Waals surface area contributed by atoms with Crippen LogP contribution in [0, 0.1) is 21.8 Å². The van der Waals surface area contributed by atoms with Crippen molar-refractivity contribution in [3.05, 3.63) is 33.1 Å². The lowest BCUT2D eigenvalue weighted by atomic mass is 9.97. The van der Waals surface area contributed by atoms with Crippen molar-refractivity contribution in [1.82, 2.24) is 5.32 Å². The number of nitro benzene ring substituents is 1. The zero-order valence-corrected chi connectivity index (χ0v) is 11.1. The number of nitro groups is 1. The molecule has 1 saturated heterocycles. The minimum Gasteiger partial charge on any atom is -0.482 e. The third kappa shape index (κ3) is 3.13. The molecule has 0 saturated carbocycles. The van der Waals surface area contributed by atoms with E-state index in [1.165, 1.54) is 0 Å². The number of hydrogen-bond donors (Lipinski definition) is 1. The van der Waals surface area contributed by atoms with Gasteiger partial charge in [0.15, 0.2) is 5.75 Å². The van der Waals surface area contributed by atoms with Crippen molar-refractivity contribution in [2.45, 2.75) is 19.4 Å². The van der Waals surface area contributed by atoms with Gasteiger partial charge in [0, 0.05) is 12.6 Å². The van der Waals surface area contributed by atoms with Crippen LogP contribution >= 0.6 is 11.6 Å². The van der Waals surface area contributed by atoms with Crippen molar-refractivity contribution in [1.29, 1.82) is 0 Å². The number of hydrogen-bond acceptors (Lipinski definition) is 4. The van der Waals surface area contributed by atoms with E-state index in [0.29, 0.717) is 6.54 Å². The van der Waals surface area contributed by atoms with Gasteiger partial charge in [0.2, 0.25) is 0 Å². The first-order valence-corrected chi connectivity index (χ1v) is 6.37. The van der Waals surface area contributed by atoms with E-state index in [1.54, 1.807) is 0 Å². The van der Waals surface area contributed by atoms with Crippen molar-refractivity contribution >= 4 is 17.3 Å². The van der Waals surface area contributed by atoms with Gasteiger partial charge in [0.25, 0.3) is 0 Å². The van der Waals surface area contributed by atoms with E-state index in [1.807, 2.05) is 6.92 Å². The minimum absolute atomic E-state index is 0.0111. The maximum atomic E-state index is 13.3. The average molecular weight is 289 g/mol. The number of halogens is 2. The second-order valence-corrected chi connectivity index (χ2v) is 5.02. The van der Waals surface area contributed by atoms with Gasteiger partial charge in [-0.25, -0.2) is 4.39 Å². The Labute approximate surface area is 114 Å². The summed E-state index contributed by atoms with van der Waals surface area (Å²) >= 11 is 5.65. The molecule has 1 aliphatic rings. The molecule has 1 heterocycles. The smallest absolute Gasteiger partial charge is 0.313 e. The van der Waals surface area contributed by atoms with Crippen LogP contribution in [0.3, 0.4) is 0 Å². The number of nitrogens with one attached hydrogen (secondary N) is 1. The second kappa shape index (κ2) is 5.71. The van der Waals surface area contributed by atoms with Crippen LogP contribution in [0.2, 0.25) is 5.02 Å². The van der Waals surface area contributed by atoms with Crippen LogP contribution in [-0.4, -0.2) is 24.1 Å². The maximum absolute atomic E-state index is 13.3. The second-order valence-electron chi connectivity index (χ2n) is 4.62. The molecule has 104 valence electrons. The third-order valence-corrected chi connectivity index (χ3v) is 3.52. The summed E-state index contributed by atoms with van der Waals surface area (Å²) < 4.78 is 18.9. The van der Waals surface area contributed by atoms with Gasteiger partial charge >= 0.3 is 5.69 Å². The molecule has 0 aliphatic carbocycles. The first-order valence-electron chi connectivity index (χ1n) is 6.00. The molecule has 19 heavy (non-hydrogen) atoms. The van der Waals surface area contributed by atoms with E-state index in [-0.39, 0.29) is 22.8 Å². The molecule has 0 amide bonds. The fourth-order valence-corrected chi connectivity index (χ4v) is 2.19. The summed E-state index contributed by atoms with van der Waals surface area (Å²) in [6.07, 6.45) is 0.738. The maximum Gasteiger partial charge on any atom is 0.313 e. The third-order valence-electron chi connectivity index (χ3n) is 3.23. The molecule has 1 fully saturated rings. The lowest BCUT2D eigenvalue weighted by molar-refractivity contribution is -0.386. The summed E-state index contributed by atoms with van der Waals surface area (Å²) in [5.74, 6) is -0.544. The zero-order chi connectivity index (χ0) is 14.0. The minimum atomic E-state index is -0.824. The lowest BCUT2D eigenvalue weighted by Crippen LogP contribution is -2.42. The van der Waals surface area contributed by atoms with Crippen LogP contribution < -0.4 is 10.1 Å². The molecule has 0 aromatic heterocycles. The first-order chi connectivity index (χ1) is 8.99. The van der Waals surface area contributed by atoms with Gasteiger partial charge in [-0.15, -0.1) is 0 Å². The molecule has 0 radical (unpaired) electrons. The van der Waals surface area contributed by atoms with Crippen molar-refractivity contribution in [3.8, 4) is 5.75 Å². The van der Waals surface area contributed by atoms with Gasteiger partial charge < -0.3 is 10.1 Å². The van der Waals surface area contributed by atoms with Crippen LogP contribution in [0.25, 0.3) is 0 Å². The summed E-state index contributed by atoms with van der Waals surface area (Å²) in [5.41, 5.74) is -0.403. The molecule has 1 aliphatic heterocycles. The molecule has 7 heteroatoms. The molecule has 2 rings (SSSR count). The van der Waals surface area contributed by atoms with E-state index < -0.39 is 16.4 Å². The highest BCUT2D eigenvalue weighted by Gasteiger charge is 2.27. The highest BCUT2D eigenvalue weighted by Crippen LogP contribution is 2.34. The monoisotopic (exact) mass is 288 g/mol. The fraction of sp³-hybridized carbons (Fsp3) is 0.500. The van der Waals surface area contributed by atoms with E-state index in [4.69, 9.17) is 16.3 Å². The van der Waals surface area contributed by atoms with Crippen LogP contribution in [0.4, 0.5) is 10.1 Å². The highest BCUT2D eigenvalue weighted by atomic mass is 35.5. The number of piperidine rings is 1. The van der Waals surface area contributed by atoms with Crippen molar-refractivity contribution < 1.29 is 14.1 Å². The zero-order valence-electron chi connectivity index (χ0n) is 10.4. The van der Waals surface area contributed by atoms with E-state index in [0.717, 1.165) is 25.1 Å². The number of rotatable bonds is 3. The Morgan fingerprint density at radius 3 is 2.95 bits per heavy atom. The molecule has 1 aromatic rings. The summed E-state index contributed by atoms with van der Waals surface area (Å²) in [7, 11) is 0. The topological polar surface area (TPSA) is 64.4 Å². The summed E-state index contributed by atoms with van der Waals surface area (Å²) in [4.78, 5) is 10.2. The number of nitrogens with zero attached hydrogens (tertiary/aromatic N) is 1. The van der Waals surface area contributed by atoms with Gasteiger partial charge in [-0.3, -0.25) is 10.1 Å². The molecule has 2 unspecified atom stereocenters. The molecule has 0 bridgehead atoms. The summed E-state index contributed by atoms with van der Waals surface area (Å²) in [6, 6.07) is 1.95. The fourth-order valence-electron chi connectivity index (χ4n) is 2.04. The van der Waals surface area contributed by atoms with Gasteiger partial charge in [0.1, 0.15) is 11.9 Å². The van der Waals surface area contributed by atoms with Crippen LogP contribution in [-0.2, 0) is 0 Å². The largest absolute Gasteiger partial charge is 0.482 e. The van der Waals surface area contributed by atoms with Crippen LogP contribution in [0.1, 0.15) is 13.3 Å².